The highest BCUT2D eigenvalue weighted by atomic mass is 32.2. The molecule has 0 bridgehead atoms. The van der Waals surface area contributed by atoms with Crippen LogP contribution < -0.4 is 11.0 Å². The Bertz CT molecular complexity index is 738. The number of anilines is 1. The van der Waals surface area contributed by atoms with Crippen LogP contribution in [0.3, 0.4) is 0 Å². The summed E-state index contributed by atoms with van der Waals surface area (Å²) in [7, 11) is 3.47. The summed E-state index contributed by atoms with van der Waals surface area (Å²) in [4.78, 5) is 23.8. The third kappa shape index (κ3) is 3.50. The molecule has 5 nitrogen and oxygen atoms in total. The summed E-state index contributed by atoms with van der Waals surface area (Å²) >= 11 is 1.60. The molecule has 0 fully saturated rings. The van der Waals surface area contributed by atoms with E-state index in [1.807, 2.05) is 18.2 Å². The van der Waals surface area contributed by atoms with E-state index in [0.29, 0.717) is 11.4 Å². The zero-order valence-corrected chi connectivity index (χ0v) is 13.9. The molecule has 0 aliphatic heterocycles. The Morgan fingerprint density at radius 1 is 1.19 bits per heavy atom. The van der Waals surface area contributed by atoms with Crippen molar-refractivity contribution in [3.63, 3.8) is 0 Å². The van der Waals surface area contributed by atoms with Crippen LogP contribution >= 0.6 is 11.8 Å². The molecule has 1 heterocycles. The molecule has 0 saturated heterocycles. The molecule has 0 radical (unpaired) electrons. The summed E-state index contributed by atoms with van der Waals surface area (Å²) in [5.41, 5.74) is 2.30. The van der Waals surface area contributed by atoms with E-state index in [0.717, 1.165) is 11.0 Å². The van der Waals surface area contributed by atoms with Crippen LogP contribution in [-0.2, 0) is 18.9 Å². The van der Waals surface area contributed by atoms with Crippen LogP contribution in [0.25, 0.3) is 11.0 Å². The number of benzene rings is 1. The molecule has 0 aliphatic rings. The van der Waals surface area contributed by atoms with Gasteiger partial charge in [-0.1, -0.05) is 20.8 Å². The summed E-state index contributed by atoms with van der Waals surface area (Å²) in [5, 5.41) is 2.88. The molecular formula is C15H21N3O2S. The second-order valence-electron chi connectivity index (χ2n) is 6.05. The minimum absolute atomic E-state index is 0.0322. The standard InChI is InChI=1S/C15H21N3O2S/c1-15(2,3)21-9-13(19)16-10-6-7-11-12(8-10)18(5)14(20)17(11)4/h6-8H,9H2,1-5H3,(H,16,19). The number of aryl methyl sites for hydroxylation is 2. The van der Waals surface area contributed by atoms with Gasteiger partial charge in [-0.3, -0.25) is 13.9 Å². The monoisotopic (exact) mass is 307 g/mol. The highest BCUT2D eigenvalue weighted by molar-refractivity contribution is 8.01. The van der Waals surface area contributed by atoms with E-state index in [-0.39, 0.29) is 16.3 Å². The van der Waals surface area contributed by atoms with Gasteiger partial charge in [0.25, 0.3) is 0 Å². The lowest BCUT2D eigenvalue weighted by molar-refractivity contribution is -0.113. The number of nitrogens with one attached hydrogen (secondary N) is 1. The maximum Gasteiger partial charge on any atom is 0.328 e. The minimum atomic E-state index is -0.0724. The fraction of sp³-hybridized carbons (Fsp3) is 0.467. The van der Waals surface area contributed by atoms with E-state index in [2.05, 4.69) is 26.1 Å². The van der Waals surface area contributed by atoms with Crippen molar-refractivity contribution in [3.8, 4) is 0 Å². The smallest absolute Gasteiger partial charge is 0.325 e. The van der Waals surface area contributed by atoms with Gasteiger partial charge in [0, 0.05) is 24.5 Å². The van der Waals surface area contributed by atoms with Gasteiger partial charge < -0.3 is 5.32 Å². The number of aromatic nitrogens is 2. The summed E-state index contributed by atoms with van der Waals surface area (Å²) in [5.74, 6) is 0.380. The number of fused-ring (bicyclic) bond motifs is 1. The second kappa shape index (κ2) is 5.60. The fourth-order valence-corrected chi connectivity index (χ4v) is 2.70. The van der Waals surface area contributed by atoms with Gasteiger partial charge in [-0.05, 0) is 18.2 Å². The van der Waals surface area contributed by atoms with Crippen molar-refractivity contribution in [3.05, 3.63) is 28.7 Å². The van der Waals surface area contributed by atoms with Gasteiger partial charge in [-0.2, -0.15) is 0 Å². The van der Waals surface area contributed by atoms with E-state index in [4.69, 9.17) is 0 Å². The molecule has 0 aliphatic carbocycles. The number of nitrogens with zero attached hydrogens (tertiary/aromatic N) is 2. The number of hydrogen-bond acceptors (Lipinski definition) is 3. The predicted octanol–water partition coefficient (Wildman–Crippen LogP) is 2.35. The molecular weight excluding hydrogens is 286 g/mol. The van der Waals surface area contributed by atoms with E-state index in [9.17, 15) is 9.59 Å². The van der Waals surface area contributed by atoms with Crippen LogP contribution in [0.15, 0.2) is 23.0 Å². The number of imidazole rings is 1. The normalized spacial score (nSPS) is 11.9. The van der Waals surface area contributed by atoms with E-state index in [1.165, 1.54) is 0 Å². The largest absolute Gasteiger partial charge is 0.328 e. The summed E-state index contributed by atoms with van der Waals surface area (Å²) in [6, 6.07) is 5.50. The quantitative estimate of drug-likeness (QED) is 0.947. The average molecular weight is 307 g/mol. The highest BCUT2D eigenvalue weighted by Crippen LogP contribution is 2.23. The molecule has 1 N–H and O–H groups in total. The molecule has 1 aromatic carbocycles. The van der Waals surface area contributed by atoms with Crippen molar-refractivity contribution in [2.24, 2.45) is 14.1 Å². The number of carbonyl (C=O) groups is 1. The van der Waals surface area contributed by atoms with Gasteiger partial charge in [-0.15, -0.1) is 11.8 Å². The molecule has 0 saturated carbocycles. The Balaban J connectivity index is 2.18. The van der Waals surface area contributed by atoms with Gasteiger partial charge in [-0.25, -0.2) is 4.79 Å². The maximum atomic E-state index is 11.9. The molecule has 1 aromatic heterocycles. The van der Waals surface area contributed by atoms with Crippen LogP contribution in [0, 0.1) is 0 Å². The second-order valence-corrected chi connectivity index (χ2v) is 7.86. The van der Waals surface area contributed by atoms with E-state index in [1.54, 1.807) is 35.0 Å². The van der Waals surface area contributed by atoms with Crippen LogP contribution in [0.1, 0.15) is 20.8 Å². The molecule has 2 rings (SSSR count). The molecule has 0 unspecified atom stereocenters. The summed E-state index contributed by atoms with van der Waals surface area (Å²) < 4.78 is 3.23. The first-order valence-electron chi connectivity index (χ1n) is 6.78. The lowest BCUT2D eigenvalue weighted by Crippen LogP contribution is -2.19. The number of hydrogen-bond donors (Lipinski definition) is 1. The van der Waals surface area contributed by atoms with Crippen molar-refractivity contribution in [1.82, 2.24) is 9.13 Å². The lowest BCUT2D eigenvalue weighted by atomic mass is 10.2. The van der Waals surface area contributed by atoms with E-state index < -0.39 is 0 Å². The van der Waals surface area contributed by atoms with Crippen molar-refractivity contribution in [2.45, 2.75) is 25.5 Å². The molecule has 6 heteroatoms. The van der Waals surface area contributed by atoms with Crippen molar-refractivity contribution in [1.29, 1.82) is 0 Å². The Labute approximate surface area is 128 Å². The molecule has 21 heavy (non-hydrogen) atoms. The maximum absolute atomic E-state index is 11.9. The average Bonchev–Trinajstić information content (AvgIpc) is 2.61. The van der Waals surface area contributed by atoms with Crippen LogP contribution in [0.2, 0.25) is 0 Å². The third-order valence-electron chi connectivity index (χ3n) is 3.19. The highest BCUT2D eigenvalue weighted by Gasteiger charge is 2.14. The Hall–Kier alpha value is -1.69. The summed E-state index contributed by atoms with van der Waals surface area (Å²) in [6.07, 6.45) is 0. The Morgan fingerprint density at radius 2 is 1.81 bits per heavy atom. The fourth-order valence-electron chi connectivity index (χ4n) is 2.06. The SMILES string of the molecule is Cn1c(=O)n(C)c2cc(NC(=O)CSC(C)(C)C)ccc21. The Kier molecular flexibility index (Phi) is 4.18. The zero-order chi connectivity index (χ0) is 15.8. The molecule has 2 aromatic rings. The predicted molar refractivity (Wildman–Crippen MR) is 89.0 cm³/mol. The topological polar surface area (TPSA) is 56.0 Å². The van der Waals surface area contributed by atoms with Crippen LogP contribution in [-0.4, -0.2) is 25.5 Å². The number of amides is 1. The molecule has 1 amide bonds. The van der Waals surface area contributed by atoms with Gasteiger partial charge in [0.15, 0.2) is 0 Å². The first-order chi connectivity index (χ1) is 9.69. The van der Waals surface area contributed by atoms with E-state index >= 15 is 0 Å². The van der Waals surface area contributed by atoms with Gasteiger partial charge in [0.1, 0.15) is 0 Å². The van der Waals surface area contributed by atoms with Gasteiger partial charge >= 0.3 is 5.69 Å². The third-order valence-corrected chi connectivity index (χ3v) is 4.46. The number of rotatable bonds is 3. The first kappa shape index (κ1) is 15.7. The number of carbonyl (C=O) groups excluding carboxylic acids is 1. The van der Waals surface area contributed by atoms with Crippen LogP contribution in [0.4, 0.5) is 5.69 Å². The first-order valence-corrected chi connectivity index (χ1v) is 7.77. The minimum Gasteiger partial charge on any atom is -0.325 e. The Morgan fingerprint density at radius 3 is 2.43 bits per heavy atom. The summed E-state index contributed by atoms with van der Waals surface area (Å²) in [6.45, 7) is 6.24. The molecule has 0 atom stereocenters. The van der Waals surface area contributed by atoms with Gasteiger partial charge in [0.2, 0.25) is 5.91 Å². The zero-order valence-electron chi connectivity index (χ0n) is 13.1. The number of thioether (sulfide) groups is 1. The molecule has 114 valence electrons. The van der Waals surface area contributed by atoms with Gasteiger partial charge in [0.05, 0.1) is 16.8 Å². The van der Waals surface area contributed by atoms with Crippen molar-refractivity contribution in [2.75, 3.05) is 11.1 Å². The lowest BCUT2D eigenvalue weighted by Gasteiger charge is -2.17. The van der Waals surface area contributed by atoms with Crippen molar-refractivity contribution < 1.29 is 4.79 Å². The van der Waals surface area contributed by atoms with Crippen LogP contribution in [0.5, 0.6) is 0 Å². The van der Waals surface area contributed by atoms with Crippen molar-refractivity contribution >= 4 is 34.4 Å². The molecule has 0 spiro atoms.